The minimum atomic E-state index is -0.115. The molecule has 4 aromatic heterocycles. The Labute approximate surface area is 277 Å². The molecule has 0 aliphatic carbocycles. The highest BCUT2D eigenvalue weighted by atomic mass is 16.3. The summed E-state index contributed by atoms with van der Waals surface area (Å²) in [6.07, 6.45) is 10.4. The van der Waals surface area contributed by atoms with E-state index in [-0.39, 0.29) is 52.9 Å². The molecule has 0 unspecified atom stereocenters. The van der Waals surface area contributed by atoms with Crippen LogP contribution in [0, 0.1) is 0 Å². The quantitative estimate of drug-likeness (QED) is 0.0517. The number of aromatic nitrogens is 4. The molecular weight excluding hydrogens is 616 g/mol. The van der Waals surface area contributed by atoms with Crippen LogP contribution in [0.1, 0.15) is 67.3 Å². The van der Waals surface area contributed by atoms with Gasteiger partial charge in [-0.1, -0.05) is 0 Å². The highest BCUT2D eigenvalue weighted by molar-refractivity contribution is 5.66. The molecule has 8 bridgehead atoms. The Morgan fingerprint density at radius 1 is 0.271 bits per heavy atom. The second kappa shape index (κ2) is 16.6. The van der Waals surface area contributed by atoms with Gasteiger partial charge in [-0.05, 0) is 120 Å². The first-order valence-electron chi connectivity index (χ1n) is 16.7. The first kappa shape index (κ1) is 35.6. The number of H-pyrrole nitrogens is 4. The van der Waals surface area contributed by atoms with Crippen LogP contribution < -0.4 is 21.4 Å². The second-order valence-electron chi connectivity index (χ2n) is 12.0. The van der Waals surface area contributed by atoms with Crippen LogP contribution in [0.15, 0.2) is 0 Å². The summed E-state index contributed by atoms with van der Waals surface area (Å²) in [5, 5.41) is 83.6. The summed E-state index contributed by atoms with van der Waals surface area (Å²) in [6, 6.07) is 0. The fraction of sp³-hybridized carbons (Fsp3) is 0.444. The van der Waals surface area contributed by atoms with Crippen molar-refractivity contribution in [2.75, 3.05) is 52.9 Å². The zero-order valence-corrected chi connectivity index (χ0v) is 27.2. The number of hydrogen-bond donors (Lipinski definition) is 12. The van der Waals surface area contributed by atoms with Gasteiger partial charge in [-0.3, -0.25) is 0 Å². The first-order valence-corrected chi connectivity index (χ1v) is 16.7. The topological polar surface area (TPSA) is 225 Å². The van der Waals surface area contributed by atoms with Gasteiger partial charge in [0.2, 0.25) is 0 Å². The normalized spacial score (nSPS) is 12.5. The predicted molar refractivity (Wildman–Crippen MR) is 182 cm³/mol. The molecule has 0 atom stereocenters. The number of aliphatic hydroxyl groups is 8. The Morgan fingerprint density at radius 2 is 0.458 bits per heavy atom. The van der Waals surface area contributed by atoms with Crippen molar-refractivity contribution in [3.8, 4) is 0 Å². The summed E-state index contributed by atoms with van der Waals surface area (Å²) in [7, 11) is 0. The third kappa shape index (κ3) is 7.16. The van der Waals surface area contributed by atoms with Crippen LogP contribution in [-0.4, -0.2) is 114 Å². The van der Waals surface area contributed by atoms with E-state index in [9.17, 15) is 40.9 Å². The summed E-state index contributed by atoms with van der Waals surface area (Å²) in [5.41, 5.74) is 9.60. The van der Waals surface area contributed by atoms with Crippen molar-refractivity contribution in [1.29, 1.82) is 0 Å². The summed E-state index contributed by atoms with van der Waals surface area (Å²) in [6.45, 7) is -0.918. The van der Waals surface area contributed by atoms with Crippen molar-refractivity contribution < 1.29 is 40.9 Å². The van der Waals surface area contributed by atoms with Crippen LogP contribution >= 0.6 is 0 Å². The van der Waals surface area contributed by atoms with E-state index in [1.165, 1.54) is 0 Å². The van der Waals surface area contributed by atoms with E-state index in [2.05, 4.69) is 19.9 Å². The number of aliphatic hydroxyl groups excluding tert-OH is 8. The predicted octanol–water partition coefficient (Wildman–Crippen LogP) is -3.09. The Kier molecular flexibility index (Phi) is 12.3. The maximum Gasteiger partial charge on any atom is 0.0472 e. The number of rotatable bonds is 16. The first-order chi connectivity index (χ1) is 23.5. The molecule has 1 aliphatic rings. The average molecular weight is 665 g/mol. The summed E-state index contributed by atoms with van der Waals surface area (Å²) < 4.78 is 0. The molecule has 0 fully saturated rings. The molecule has 0 spiro atoms. The lowest BCUT2D eigenvalue weighted by Crippen LogP contribution is -2.14. The van der Waals surface area contributed by atoms with Crippen LogP contribution in [-0.2, 0) is 51.4 Å². The van der Waals surface area contributed by atoms with Gasteiger partial charge in [0.05, 0.1) is 0 Å². The lowest BCUT2D eigenvalue weighted by Gasteiger charge is -2.05. The molecule has 12 nitrogen and oxygen atoms in total. The van der Waals surface area contributed by atoms with Gasteiger partial charge >= 0.3 is 0 Å². The molecule has 5 heterocycles. The molecule has 260 valence electrons. The molecule has 0 radical (unpaired) electrons. The molecule has 12 heteroatoms. The van der Waals surface area contributed by atoms with Gasteiger partial charge in [-0.15, -0.1) is 0 Å². The Balaban J connectivity index is 2.01. The molecule has 1 aliphatic heterocycles. The molecule has 0 amide bonds. The van der Waals surface area contributed by atoms with E-state index in [0.717, 1.165) is 88.7 Å². The fourth-order valence-electron chi connectivity index (χ4n) is 7.23. The molecule has 0 aromatic carbocycles. The largest absolute Gasteiger partial charge is 0.396 e. The highest BCUT2D eigenvalue weighted by Gasteiger charge is 2.20. The van der Waals surface area contributed by atoms with Crippen molar-refractivity contribution in [1.82, 2.24) is 19.9 Å². The zero-order chi connectivity index (χ0) is 34.2. The summed E-state index contributed by atoms with van der Waals surface area (Å²) >= 11 is 0. The molecule has 0 saturated carbocycles. The van der Waals surface area contributed by atoms with Gasteiger partial charge in [-0.25, -0.2) is 0 Å². The Hall–Kier alpha value is -3.72. The van der Waals surface area contributed by atoms with E-state index >= 15 is 0 Å². The van der Waals surface area contributed by atoms with Crippen molar-refractivity contribution in [2.24, 2.45) is 0 Å². The van der Waals surface area contributed by atoms with Crippen LogP contribution in [0.4, 0.5) is 0 Å². The van der Waals surface area contributed by atoms with Crippen LogP contribution in [0.3, 0.4) is 0 Å². The molecule has 48 heavy (non-hydrogen) atoms. The standard InChI is InChI=1S/C36H48N4O8/c41-9-1-21-22(2-10-42)30-18-32-25(5-13-45)26(6-14-46)34(39-32)20-36-28(8-16-48)27(7-15-47)35(40-36)19-33-24(4-12-44)23(3-11-43)31(38-33)17-29(21)37-30/h17-20,37-48H,1-16H2. The molecule has 0 saturated heterocycles. The Bertz CT molecular complexity index is 1680. The SMILES string of the molecule is OCCc1c2[nH]c(c1CCO)C=c1[nH]c(c(CCO)c1CCO)=Cc1[nH]c(c(CCO)c1CCO)C=c1[nH]c(c(CCO)c1CCO)=C2. The van der Waals surface area contributed by atoms with E-state index in [0.29, 0.717) is 51.4 Å². The average Bonchev–Trinajstić information content (AvgIpc) is 3.75. The molecule has 5 rings (SSSR count). The van der Waals surface area contributed by atoms with Crippen LogP contribution in [0.5, 0.6) is 0 Å². The maximum atomic E-state index is 10.1. The van der Waals surface area contributed by atoms with Crippen molar-refractivity contribution in [3.63, 3.8) is 0 Å². The van der Waals surface area contributed by atoms with Gasteiger partial charge in [0.1, 0.15) is 0 Å². The minimum absolute atomic E-state index is 0.115. The number of nitrogens with one attached hydrogen (secondary N) is 4. The van der Waals surface area contributed by atoms with Crippen molar-refractivity contribution in [2.45, 2.75) is 51.4 Å². The molecular formula is C36H48N4O8. The van der Waals surface area contributed by atoms with Gasteiger partial charge in [-0.2, -0.15) is 0 Å². The molecule has 12 N–H and O–H groups in total. The summed E-state index contributed by atoms with van der Waals surface area (Å²) in [4.78, 5) is 14.1. The van der Waals surface area contributed by atoms with E-state index in [4.69, 9.17) is 0 Å². The maximum absolute atomic E-state index is 10.1. The molecule has 4 aromatic rings. The summed E-state index contributed by atoms with van der Waals surface area (Å²) in [5.74, 6) is 0. The third-order valence-electron chi connectivity index (χ3n) is 9.18. The monoisotopic (exact) mass is 664 g/mol. The highest BCUT2D eigenvalue weighted by Crippen LogP contribution is 2.25. The smallest absolute Gasteiger partial charge is 0.0472 e. The van der Waals surface area contributed by atoms with Crippen LogP contribution in [0.25, 0.3) is 24.3 Å². The van der Waals surface area contributed by atoms with Crippen molar-refractivity contribution in [3.05, 3.63) is 88.7 Å². The number of aromatic amines is 4. The van der Waals surface area contributed by atoms with Gasteiger partial charge in [0.15, 0.2) is 0 Å². The minimum Gasteiger partial charge on any atom is -0.396 e. The fourth-order valence-corrected chi connectivity index (χ4v) is 7.23. The lowest BCUT2D eigenvalue weighted by molar-refractivity contribution is 0.293. The second-order valence-corrected chi connectivity index (χ2v) is 12.0. The zero-order valence-electron chi connectivity index (χ0n) is 27.2. The van der Waals surface area contributed by atoms with Gasteiger partial charge in [0.25, 0.3) is 0 Å². The van der Waals surface area contributed by atoms with Gasteiger partial charge < -0.3 is 60.8 Å². The van der Waals surface area contributed by atoms with E-state index in [1.807, 2.05) is 24.3 Å². The Morgan fingerprint density at radius 3 is 0.646 bits per heavy atom. The number of hydrogen-bond acceptors (Lipinski definition) is 8. The number of fused-ring (bicyclic) bond motifs is 8. The van der Waals surface area contributed by atoms with Gasteiger partial charge in [0, 0.05) is 97.0 Å². The third-order valence-corrected chi connectivity index (χ3v) is 9.18. The van der Waals surface area contributed by atoms with E-state index in [1.54, 1.807) is 0 Å². The lowest BCUT2D eigenvalue weighted by atomic mass is 10.00. The van der Waals surface area contributed by atoms with E-state index < -0.39 is 0 Å². The van der Waals surface area contributed by atoms with Crippen molar-refractivity contribution >= 4 is 24.3 Å². The van der Waals surface area contributed by atoms with Crippen LogP contribution in [0.2, 0.25) is 0 Å².